The second kappa shape index (κ2) is 11.5. The Morgan fingerprint density at radius 3 is 2.67 bits per heavy atom. The Kier molecular flexibility index (Phi) is 8.60. The summed E-state index contributed by atoms with van der Waals surface area (Å²) in [6.45, 7) is 6.74. The number of alkyl halides is 4. The molecular formula is C27H33BrF3N3O2. The zero-order chi connectivity index (χ0) is 25.9. The molecule has 2 aliphatic rings. The van der Waals surface area contributed by atoms with Crippen LogP contribution in [-0.2, 0) is 6.18 Å². The standard InChI is InChI=1S/C27H33BrF3N3O2/c1-18-19(2)25(36-15-4-3-11-28)9-8-21(18)24-7-5-6-20-16-33(13-14-34(20)24)26-22(17-35)23(10-12-32-26)27(29,30)31/h8-10,12,17,20,24H,3-7,11,13-16H2,1-2H3/t20?,24-/m1/s1. The van der Waals surface area contributed by atoms with Crippen molar-refractivity contribution in [2.24, 2.45) is 0 Å². The lowest BCUT2D eigenvalue weighted by Crippen LogP contribution is -2.56. The molecule has 9 heteroatoms. The SMILES string of the molecule is Cc1c(OCCCCBr)ccc([C@H]2CCCC3CN(c4nccc(C(F)(F)F)c4C=O)CCN32)c1C. The predicted molar refractivity (Wildman–Crippen MR) is 138 cm³/mol. The lowest BCUT2D eigenvalue weighted by atomic mass is 9.86. The van der Waals surface area contributed by atoms with Crippen molar-refractivity contribution in [3.05, 3.63) is 52.2 Å². The fraction of sp³-hybridized carbons (Fsp3) is 0.556. The van der Waals surface area contributed by atoms with Crippen LogP contribution in [0.1, 0.15) is 70.8 Å². The third kappa shape index (κ3) is 5.57. The van der Waals surface area contributed by atoms with Crippen molar-refractivity contribution in [1.29, 1.82) is 0 Å². The normalized spacial score (nSPS) is 20.8. The van der Waals surface area contributed by atoms with Gasteiger partial charge in [-0.3, -0.25) is 9.69 Å². The molecule has 0 bridgehead atoms. The number of fused-ring (bicyclic) bond motifs is 1. The number of halogens is 4. The number of piperazine rings is 1. The van der Waals surface area contributed by atoms with E-state index < -0.39 is 11.7 Å². The number of rotatable bonds is 8. The summed E-state index contributed by atoms with van der Waals surface area (Å²) >= 11 is 3.45. The number of hydrogen-bond acceptors (Lipinski definition) is 5. The van der Waals surface area contributed by atoms with Crippen LogP contribution in [0, 0.1) is 13.8 Å². The number of carbonyl (C=O) groups excluding carboxylic acids is 1. The van der Waals surface area contributed by atoms with Gasteiger partial charge in [-0.2, -0.15) is 13.2 Å². The number of hydrogen-bond donors (Lipinski definition) is 0. The maximum atomic E-state index is 13.5. The van der Waals surface area contributed by atoms with Gasteiger partial charge >= 0.3 is 6.18 Å². The molecule has 1 unspecified atom stereocenters. The third-order valence-corrected chi connectivity index (χ3v) is 8.12. The number of piperidine rings is 1. The highest BCUT2D eigenvalue weighted by molar-refractivity contribution is 9.09. The first-order valence-electron chi connectivity index (χ1n) is 12.6. The number of benzene rings is 1. The van der Waals surface area contributed by atoms with Crippen molar-refractivity contribution in [1.82, 2.24) is 9.88 Å². The van der Waals surface area contributed by atoms with Gasteiger partial charge in [0.25, 0.3) is 0 Å². The molecule has 0 amide bonds. The second-order valence-electron chi connectivity index (χ2n) is 9.64. The molecule has 3 heterocycles. The number of unbranched alkanes of at least 4 members (excludes halogenated alkanes) is 1. The number of carbonyl (C=O) groups is 1. The molecule has 196 valence electrons. The molecule has 2 aromatic rings. The minimum absolute atomic E-state index is 0.134. The van der Waals surface area contributed by atoms with Gasteiger partial charge < -0.3 is 9.64 Å². The monoisotopic (exact) mass is 567 g/mol. The molecule has 0 aliphatic carbocycles. The van der Waals surface area contributed by atoms with E-state index in [4.69, 9.17) is 4.74 Å². The van der Waals surface area contributed by atoms with Gasteiger partial charge in [0.2, 0.25) is 0 Å². The third-order valence-electron chi connectivity index (χ3n) is 7.56. The highest BCUT2D eigenvalue weighted by Gasteiger charge is 2.39. The molecule has 0 N–H and O–H groups in total. The molecule has 36 heavy (non-hydrogen) atoms. The van der Waals surface area contributed by atoms with E-state index in [1.54, 1.807) is 0 Å². The predicted octanol–water partition coefficient (Wildman–Crippen LogP) is 6.50. The van der Waals surface area contributed by atoms with E-state index in [1.807, 2.05) is 4.90 Å². The number of aldehydes is 1. The van der Waals surface area contributed by atoms with Crippen molar-refractivity contribution in [2.45, 2.75) is 64.2 Å². The van der Waals surface area contributed by atoms with Crippen molar-refractivity contribution in [3.63, 3.8) is 0 Å². The molecule has 0 saturated carbocycles. The van der Waals surface area contributed by atoms with Gasteiger partial charge in [-0.25, -0.2) is 4.98 Å². The summed E-state index contributed by atoms with van der Waals surface area (Å²) in [5.74, 6) is 1.06. The fourth-order valence-electron chi connectivity index (χ4n) is 5.57. The summed E-state index contributed by atoms with van der Waals surface area (Å²) in [6, 6.07) is 5.58. The highest BCUT2D eigenvalue weighted by atomic mass is 79.9. The summed E-state index contributed by atoms with van der Waals surface area (Å²) in [7, 11) is 0. The van der Waals surface area contributed by atoms with Crippen LogP contribution in [0.3, 0.4) is 0 Å². The number of nitrogens with zero attached hydrogens (tertiary/aromatic N) is 3. The molecule has 2 fully saturated rings. The van der Waals surface area contributed by atoms with Crippen LogP contribution in [0.15, 0.2) is 24.4 Å². The van der Waals surface area contributed by atoms with Crippen molar-refractivity contribution >= 4 is 28.0 Å². The van der Waals surface area contributed by atoms with E-state index in [1.165, 1.54) is 11.1 Å². The maximum Gasteiger partial charge on any atom is 0.417 e. The van der Waals surface area contributed by atoms with Crippen LogP contribution in [-0.4, -0.2) is 53.8 Å². The van der Waals surface area contributed by atoms with E-state index in [9.17, 15) is 18.0 Å². The quantitative estimate of drug-likeness (QED) is 0.207. The molecule has 4 rings (SSSR count). The van der Waals surface area contributed by atoms with E-state index in [2.05, 4.69) is 51.8 Å². The number of ether oxygens (including phenoxy) is 1. The maximum absolute atomic E-state index is 13.5. The Labute approximate surface area is 219 Å². The van der Waals surface area contributed by atoms with Crippen LogP contribution in [0.2, 0.25) is 0 Å². The summed E-state index contributed by atoms with van der Waals surface area (Å²) in [5.41, 5.74) is 2.40. The van der Waals surface area contributed by atoms with Crippen molar-refractivity contribution in [2.75, 3.05) is 36.5 Å². The number of anilines is 1. The van der Waals surface area contributed by atoms with Crippen LogP contribution in [0.5, 0.6) is 5.75 Å². The number of pyridine rings is 1. The average Bonchev–Trinajstić information content (AvgIpc) is 2.87. The van der Waals surface area contributed by atoms with Crippen molar-refractivity contribution < 1.29 is 22.7 Å². The molecule has 2 aliphatic heterocycles. The molecule has 0 radical (unpaired) electrons. The molecule has 2 saturated heterocycles. The first-order chi connectivity index (χ1) is 17.3. The van der Waals surface area contributed by atoms with Gasteiger partial charge in [0.15, 0.2) is 6.29 Å². The van der Waals surface area contributed by atoms with Gasteiger partial charge in [-0.05, 0) is 74.8 Å². The minimum Gasteiger partial charge on any atom is -0.493 e. The molecule has 0 spiro atoms. The lowest BCUT2D eigenvalue weighted by Gasteiger charge is -2.49. The Morgan fingerprint density at radius 1 is 1.14 bits per heavy atom. The first kappa shape index (κ1) is 26.9. The number of aromatic nitrogens is 1. The van der Waals surface area contributed by atoms with Gasteiger partial charge in [0.05, 0.1) is 17.7 Å². The summed E-state index contributed by atoms with van der Waals surface area (Å²) in [6.07, 6.45) is 1.99. The fourth-order valence-corrected chi connectivity index (χ4v) is 5.96. The Morgan fingerprint density at radius 2 is 1.94 bits per heavy atom. The van der Waals surface area contributed by atoms with Crippen LogP contribution in [0.4, 0.5) is 19.0 Å². The van der Waals surface area contributed by atoms with Crippen LogP contribution < -0.4 is 9.64 Å². The Balaban J connectivity index is 1.52. The molecule has 1 aromatic heterocycles. The lowest BCUT2D eigenvalue weighted by molar-refractivity contribution is -0.137. The van der Waals surface area contributed by atoms with Gasteiger partial charge in [0, 0.05) is 43.2 Å². The van der Waals surface area contributed by atoms with Gasteiger partial charge in [-0.15, -0.1) is 0 Å². The van der Waals surface area contributed by atoms with E-state index in [0.29, 0.717) is 26.2 Å². The zero-order valence-electron chi connectivity index (χ0n) is 20.8. The zero-order valence-corrected chi connectivity index (χ0v) is 22.4. The molecular weight excluding hydrogens is 535 g/mol. The van der Waals surface area contributed by atoms with E-state index in [-0.39, 0.29) is 29.8 Å². The highest BCUT2D eigenvalue weighted by Crippen LogP contribution is 2.41. The first-order valence-corrected chi connectivity index (χ1v) is 13.7. The van der Waals surface area contributed by atoms with E-state index >= 15 is 0 Å². The van der Waals surface area contributed by atoms with E-state index in [0.717, 1.165) is 61.0 Å². The summed E-state index contributed by atoms with van der Waals surface area (Å²) in [5, 5.41) is 0.976. The van der Waals surface area contributed by atoms with Gasteiger partial charge in [0.1, 0.15) is 11.6 Å². The molecule has 5 nitrogen and oxygen atoms in total. The molecule has 2 atom stereocenters. The largest absolute Gasteiger partial charge is 0.493 e. The Bertz CT molecular complexity index is 1080. The topological polar surface area (TPSA) is 45.7 Å². The Hall–Kier alpha value is -2.13. The second-order valence-corrected chi connectivity index (χ2v) is 10.4. The smallest absolute Gasteiger partial charge is 0.417 e. The minimum atomic E-state index is -4.59. The van der Waals surface area contributed by atoms with Gasteiger partial charge in [-0.1, -0.05) is 22.0 Å². The van der Waals surface area contributed by atoms with Crippen LogP contribution >= 0.6 is 15.9 Å². The summed E-state index contributed by atoms with van der Waals surface area (Å²) in [4.78, 5) is 20.2. The summed E-state index contributed by atoms with van der Waals surface area (Å²) < 4.78 is 46.4. The molecule has 1 aromatic carbocycles. The van der Waals surface area contributed by atoms with Crippen LogP contribution in [0.25, 0.3) is 0 Å². The average molecular weight is 568 g/mol. The van der Waals surface area contributed by atoms with Crippen molar-refractivity contribution in [3.8, 4) is 5.75 Å².